The fraction of sp³-hybridized carbons (Fsp3) is 0.217. The number of anilines is 1. The van der Waals surface area contributed by atoms with E-state index >= 15 is 0 Å². The number of amides is 1. The molecule has 136 valence electrons. The SMILES string of the molecule is CC(Nc1cccc(C2CCC(=O)N2)c1)c1cc(-c2ccccc2)ccn1. The van der Waals surface area contributed by atoms with Crippen molar-refractivity contribution in [2.24, 2.45) is 0 Å². The van der Waals surface area contributed by atoms with Crippen molar-refractivity contribution in [3.05, 3.63) is 84.2 Å². The number of carbonyl (C=O) groups is 1. The quantitative estimate of drug-likeness (QED) is 0.685. The van der Waals surface area contributed by atoms with E-state index in [1.54, 1.807) is 0 Å². The van der Waals surface area contributed by atoms with Crippen LogP contribution in [0.25, 0.3) is 11.1 Å². The van der Waals surface area contributed by atoms with Gasteiger partial charge in [-0.1, -0.05) is 42.5 Å². The summed E-state index contributed by atoms with van der Waals surface area (Å²) >= 11 is 0. The van der Waals surface area contributed by atoms with Gasteiger partial charge < -0.3 is 10.6 Å². The van der Waals surface area contributed by atoms with Crippen LogP contribution < -0.4 is 10.6 Å². The average molecular weight is 357 g/mol. The van der Waals surface area contributed by atoms with E-state index in [2.05, 4.69) is 58.9 Å². The van der Waals surface area contributed by atoms with Gasteiger partial charge in [-0.05, 0) is 54.3 Å². The number of pyridine rings is 1. The molecule has 4 nitrogen and oxygen atoms in total. The molecule has 2 N–H and O–H groups in total. The molecule has 27 heavy (non-hydrogen) atoms. The normalized spacial score (nSPS) is 17.4. The van der Waals surface area contributed by atoms with Crippen LogP contribution >= 0.6 is 0 Å². The van der Waals surface area contributed by atoms with Crippen molar-refractivity contribution in [2.45, 2.75) is 31.8 Å². The Bertz CT molecular complexity index is 939. The number of nitrogens with zero attached hydrogens (tertiary/aromatic N) is 1. The molecule has 2 atom stereocenters. The Morgan fingerprint density at radius 3 is 2.67 bits per heavy atom. The van der Waals surface area contributed by atoms with Crippen molar-refractivity contribution in [3.8, 4) is 11.1 Å². The zero-order valence-electron chi connectivity index (χ0n) is 15.4. The molecule has 1 aliphatic rings. The Morgan fingerprint density at radius 1 is 1.04 bits per heavy atom. The Kier molecular flexibility index (Phi) is 4.88. The third kappa shape index (κ3) is 4.00. The monoisotopic (exact) mass is 357 g/mol. The maximum Gasteiger partial charge on any atom is 0.220 e. The molecular weight excluding hydrogens is 334 g/mol. The van der Waals surface area contributed by atoms with Gasteiger partial charge in [-0.2, -0.15) is 0 Å². The standard InChI is InChI=1S/C23H23N3O/c1-16(22-15-18(12-13-24-22)17-6-3-2-4-7-17)25-20-9-5-8-19(14-20)21-10-11-23(27)26-21/h2-9,12-16,21,25H,10-11H2,1H3,(H,26,27). The molecule has 4 heteroatoms. The fourth-order valence-electron chi connectivity index (χ4n) is 3.53. The molecule has 0 saturated carbocycles. The summed E-state index contributed by atoms with van der Waals surface area (Å²) in [6, 6.07) is 23.0. The lowest BCUT2D eigenvalue weighted by molar-refractivity contribution is -0.119. The molecule has 2 heterocycles. The van der Waals surface area contributed by atoms with Gasteiger partial charge in [-0.25, -0.2) is 0 Å². The molecule has 3 aromatic rings. The Balaban J connectivity index is 1.51. The first-order valence-corrected chi connectivity index (χ1v) is 9.36. The fourth-order valence-corrected chi connectivity index (χ4v) is 3.53. The maximum absolute atomic E-state index is 11.5. The Labute approximate surface area is 159 Å². The molecule has 2 unspecified atom stereocenters. The second kappa shape index (κ2) is 7.62. The minimum atomic E-state index is 0.0714. The molecule has 0 bridgehead atoms. The minimum absolute atomic E-state index is 0.0714. The zero-order valence-corrected chi connectivity index (χ0v) is 15.4. The summed E-state index contributed by atoms with van der Waals surface area (Å²) in [4.78, 5) is 16.0. The van der Waals surface area contributed by atoms with Crippen LogP contribution in [0, 0.1) is 0 Å². The molecular formula is C23H23N3O. The minimum Gasteiger partial charge on any atom is -0.377 e. The van der Waals surface area contributed by atoms with E-state index in [0.29, 0.717) is 6.42 Å². The van der Waals surface area contributed by atoms with Gasteiger partial charge in [0.25, 0.3) is 0 Å². The lowest BCUT2D eigenvalue weighted by atomic mass is 10.0. The summed E-state index contributed by atoms with van der Waals surface area (Å²) in [7, 11) is 0. The van der Waals surface area contributed by atoms with Crippen LogP contribution in [0.2, 0.25) is 0 Å². The summed E-state index contributed by atoms with van der Waals surface area (Å²) < 4.78 is 0. The molecule has 1 fully saturated rings. The number of hydrogen-bond donors (Lipinski definition) is 2. The van der Waals surface area contributed by atoms with E-state index < -0.39 is 0 Å². The molecule has 0 aliphatic carbocycles. The molecule has 4 rings (SSSR count). The molecule has 1 amide bonds. The molecule has 1 aromatic heterocycles. The van der Waals surface area contributed by atoms with E-state index in [1.807, 2.05) is 36.5 Å². The van der Waals surface area contributed by atoms with Crippen LogP contribution in [-0.2, 0) is 4.79 Å². The van der Waals surface area contributed by atoms with E-state index in [1.165, 1.54) is 5.56 Å². The average Bonchev–Trinajstić information content (AvgIpc) is 3.15. The van der Waals surface area contributed by atoms with Gasteiger partial charge in [0, 0.05) is 18.3 Å². The van der Waals surface area contributed by atoms with Crippen molar-refractivity contribution in [1.29, 1.82) is 0 Å². The lowest BCUT2D eigenvalue weighted by Gasteiger charge is -2.18. The summed E-state index contributed by atoms with van der Waals surface area (Å²) in [5.74, 6) is 0.133. The third-order valence-corrected chi connectivity index (χ3v) is 5.00. The highest BCUT2D eigenvalue weighted by Gasteiger charge is 2.22. The number of benzene rings is 2. The molecule has 0 spiro atoms. The van der Waals surface area contributed by atoms with Crippen LogP contribution in [0.3, 0.4) is 0 Å². The smallest absolute Gasteiger partial charge is 0.220 e. The second-order valence-electron chi connectivity index (χ2n) is 6.99. The first kappa shape index (κ1) is 17.3. The van der Waals surface area contributed by atoms with Gasteiger partial charge in [-0.15, -0.1) is 0 Å². The third-order valence-electron chi connectivity index (χ3n) is 5.00. The number of nitrogens with one attached hydrogen (secondary N) is 2. The molecule has 1 aliphatic heterocycles. The predicted molar refractivity (Wildman–Crippen MR) is 108 cm³/mol. The van der Waals surface area contributed by atoms with Crippen LogP contribution in [0.4, 0.5) is 5.69 Å². The summed E-state index contributed by atoms with van der Waals surface area (Å²) in [6.45, 7) is 2.11. The van der Waals surface area contributed by atoms with Crippen LogP contribution in [0.15, 0.2) is 72.9 Å². The predicted octanol–water partition coefficient (Wildman–Crippen LogP) is 4.87. The topological polar surface area (TPSA) is 54.0 Å². The van der Waals surface area contributed by atoms with Crippen molar-refractivity contribution >= 4 is 11.6 Å². The summed E-state index contributed by atoms with van der Waals surface area (Å²) in [5.41, 5.74) is 5.53. The second-order valence-corrected chi connectivity index (χ2v) is 6.99. The van der Waals surface area contributed by atoms with E-state index in [4.69, 9.17) is 0 Å². The van der Waals surface area contributed by atoms with Crippen LogP contribution in [-0.4, -0.2) is 10.9 Å². The van der Waals surface area contributed by atoms with Gasteiger partial charge >= 0.3 is 0 Å². The number of rotatable bonds is 5. The molecule has 0 radical (unpaired) electrons. The van der Waals surface area contributed by atoms with E-state index in [0.717, 1.165) is 28.9 Å². The maximum atomic E-state index is 11.5. The van der Waals surface area contributed by atoms with Crippen molar-refractivity contribution < 1.29 is 4.79 Å². The largest absolute Gasteiger partial charge is 0.377 e. The highest BCUT2D eigenvalue weighted by molar-refractivity contribution is 5.78. The van der Waals surface area contributed by atoms with Crippen LogP contribution in [0.1, 0.15) is 43.1 Å². The molecule has 1 saturated heterocycles. The first-order valence-electron chi connectivity index (χ1n) is 9.36. The first-order chi connectivity index (χ1) is 13.2. The highest BCUT2D eigenvalue weighted by Crippen LogP contribution is 2.28. The van der Waals surface area contributed by atoms with Crippen molar-refractivity contribution in [3.63, 3.8) is 0 Å². The van der Waals surface area contributed by atoms with E-state index in [9.17, 15) is 4.79 Å². The lowest BCUT2D eigenvalue weighted by Crippen LogP contribution is -2.18. The van der Waals surface area contributed by atoms with E-state index in [-0.39, 0.29) is 18.0 Å². The van der Waals surface area contributed by atoms with Gasteiger partial charge in [0.2, 0.25) is 5.91 Å². The van der Waals surface area contributed by atoms with Gasteiger partial charge in [0.15, 0.2) is 0 Å². The number of carbonyl (C=O) groups excluding carboxylic acids is 1. The molecule has 2 aromatic carbocycles. The van der Waals surface area contributed by atoms with Crippen LogP contribution in [0.5, 0.6) is 0 Å². The highest BCUT2D eigenvalue weighted by atomic mass is 16.1. The summed E-state index contributed by atoms with van der Waals surface area (Å²) in [5, 5.41) is 6.57. The Hall–Kier alpha value is -3.14. The van der Waals surface area contributed by atoms with Crippen molar-refractivity contribution in [2.75, 3.05) is 5.32 Å². The van der Waals surface area contributed by atoms with Gasteiger partial charge in [0.1, 0.15) is 0 Å². The van der Waals surface area contributed by atoms with Gasteiger partial charge in [0.05, 0.1) is 17.8 Å². The number of hydrogen-bond acceptors (Lipinski definition) is 3. The number of aromatic nitrogens is 1. The zero-order chi connectivity index (χ0) is 18.6. The summed E-state index contributed by atoms with van der Waals surface area (Å²) in [6.07, 6.45) is 3.33. The van der Waals surface area contributed by atoms with Crippen molar-refractivity contribution in [1.82, 2.24) is 10.3 Å². The van der Waals surface area contributed by atoms with Gasteiger partial charge in [-0.3, -0.25) is 9.78 Å². The Morgan fingerprint density at radius 2 is 1.89 bits per heavy atom.